The third kappa shape index (κ3) is 4.78. The first-order chi connectivity index (χ1) is 13.8. The van der Waals surface area contributed by atoms with Crippen LogP contribution in [0.15, 0.2) is 47.4 Å². The van der Waals surface area contributed by atoms with Gasteiger partial charge in [-0.1, -0.05) is 18.2 Å². The van der Waals surface area contributed by atoms with E-state index in [4.69, 9.17) is 9.47 Å². The lowest BCUT2D eigenvalue weighted by atomic mass is 10.1. The summed E-state index contributed by atoms with van der Waals surface area (Å²) in [5.41, 5.74) is 0.819. The number of hydrogen-bond acceptors (Lipinski definition) is 7. The van der Waals surface area contributed by atoms with Gasteiger partial charge < -0.3 is 9.47 Å². The smallest absolute Gasteiger partial charge is 0.338 e. The normalized spacial score (nSPS) is 15.1. The summed E-state index contributed by atoms with van der Waals surface area (Å²) in [7, 11) is -3.66. The molecule has 1 aliphatic rings. The molecule has 0 saturated carbocycles. The van der Waals surface area contributed by atoms with Crippen LogP contribution >= 0.6 is 0 Å². The second-order valence-corrected chi connectivity index (χ2v) is 8.44. The molecule has 0 aliphatic carbocycles. The van der Waals surface area contributed by atoms with Gasteiger partial charge in [0, 0.05) is 24.7 Å². The van der Waals surface area contributed by atoms with E-state index in [2.05, 4.69) is 0 Å². The van der Waals surface area contributed by atoms with Crippen molar-refractivity contribution in [1.29, 1.82) is 0 Å². The molecule has 0 bridgehead atoms. The van der Waals surface area contributed by atoms with Crippen LogP contribution in [-0.4, -0.2) is 49.9 Å². The lowest BCUT2D eigenvalue weighted by molar-refractivity contribution is -0.385. The molecule has 1 fully saturated rings. The first-order valence-electron chi connectivity index (χ1n) is 8.88. The highest BCUT2D eigenvalue weighted by Crippen LogP contribution is 2.21. The van der Waals surface area contributed by atoms with Crippen molar-refractivity contribution in [1.82, 2.24) is 4.31 Å². The van der Waals surface area contributed by atoms with Crippen molar-refractivity contribution in [3.63, 3.8) is 0 Å². The molecule has 1 saturated heterocycles. The Kier molecular flexibility index (Phi) is 6.26. The summed E-state index contributed by atoms with van der Waals surface area (Å²) < 4.78 is 37.2. The zero-order chi connectivity index (χ0) is 21.0. The minimum atomic E-state index is -3.66. The van der Waals surface area contributed by atoms with Crippen LogP contribution in [0.2, 0.25) is 0 Å². The molecular formula is C19H20N2O7S. The van der Waals surface area contributed by atoms with Crippen molar-refractivity contribution in [3.8, 4) is 0 Å². The average molecular weight is 420 g/mol. The van der Waals surface area contributed by atoms with Crippen LogP contribution in [0.25, 0.3) is 0 Å². The summed E-state index contributed by atoms with van der Waals surface area (Å²) in [5, 5.41) is 11.0. The number of ether oxygens (including phenoxy) is 2. The maximum Gasteiger partial charge on any atom is 0.338 e. The molecule has 0 unspecified atom stereocenters. The van der Waals surface area contributed by atoms with Gasteiger partial charge in [0.2, 0.25) is 10.0 Å². The Labute approximate surface area is 168 Å². The van der Waals surface area contributed by atoms with Gasteiger partial charge >= 0.3 is 5.97 Å². The highest BCUT2D eigenvalue weighted by atomic mass is 32.2. The van der Waals surface area contributed by atoms with Crippen molar-refractivity contribution in [2.75, 3.05) is 26.3 Å². The number of hydrogen-bond donors (Lipinski definition) is 0. The SMILES string of the molecule is Cc1ccc(C(=O)OCc2cccc(S(=O)(=O)N3CCOCC3)c2)cc1[N+](=O)[O-]. The van der Waals surface area contributed by atoms with E-state index in [0.29, 0.717) is 24.3 Å². The van der Waals surface area contributed by atoms with Gasteiger partial charge in [0.1, 0.15) is 6.61 Å². The van der Waals surface area contributed by atoms with Gasteiger partial charge in [0.05, 0.1) is 28.6 Å². The van der Waals surface area contributed by atoms with Crippen LogP contribution in [0, 0.1) is 17.0 Å². The average Bonchev–Trinajstić information content (AvgIpc) is 2.73. The molecule has 2 aromatic carbocycles. The third-order valence-electron chi connectivity index (χ3n) is 4.52. The molecular weight excluding hydrogens is 400 g/mol. The number of aryl methyl sites for hydroxylation is 1. The Morgan fingerprint density at radius 2 is 1.93 bits per heavy atom. The number of nitro benzene ring substituents is 1. The zero-order valence-corrected chi connectivity index (χ0v) is 16.6. The number of carbonyl (C=O) groups is 1. The third-order valence-corrected chi connectivity index (χ3v) is 6.41. The lowest BCUT2D eigenvalue weighted by Gasteiger charge is -2.26. The summed E-state index contributed by atoms with van der Waals surface area (Å²) in [6.07, 6.45) is 0. The number of morpholine rings is 1. The number of nitrogens with zero attached hydrogens (tertiary/aromatic N) is 2. The van der Waals surface area contributed by atoms with E-state index < -0.39 is 20.9 Å². The van der Waals surface area contributed by atoms with Gasteiger partial charge in [-0.2, -0.15) is 4.31 Å². The molecule has 0 N–H and O–H groups in total. The summed E-state index contributed by atoms with van der Waals surface area (Å²) in [5.74, 6) is -0.727. The quantitative estimate of drug-likeness (QED) is 0.400. The number of benzene rings is 2. The zero-order valence-electron chi connectivity index (χ0n) is 15.7. The summed E-state index contributed by atoms with van der Waals surface area (Å²) in [4.78, 5) is 22.8. The molecule has 1 aliphatic heterocycles. The molecule has 0 atom stereocenters. The summed E-state index contributed by atoms with van der Waals surface area (Å²) >= 11 is 0. The Bertz CT molecular complexity index is 1030. The molecule has 10 heteroatoms. The van der Waals surface area contributed by atoms with Gasteiger partial charge in [-0.05, 0) is 30.7 Å². The number of sulfonamides is 1. The van der Waals surface area contributed by atoms with Crippen molar-refractivity contribution in [2.24, 2.45) is 0 Å². The van der Waals surface area contributed by atoms with Crippen LogP contribution in [-0.2, 0) is 26.1 Å². The second kappa shape index (κ2) is 8.68. The molecule has 3 rings (SSSR count). The fourth-order valence-electron chi connectivity index (χ4n) is 2.90. The number of rotatable bonds is 6. The predicted octanol–water partition coefficient (Wildman–Crippen LogP) is 2.28. The van der Waals surface area contributed by atoms with Gasteiger partial charge in [-0.15, -0.1) is 0 Å². The van der Waals surface area contributed by atoms with Crippen molar-refractivity contribution in [2.45, 2.75) is 18.4 Å². The van der Waals surface area contributed by atoms with Crippen LogP contribution in [0.4, 0.5) is 5.69 Å². The Hall–Kier alpha value is -2.82. The van der Waals surface area contributed by atoms with Crippen molar-refractivity contribution >= 4 is 21.7 Å². The second-order valence-electron chi connectivity index (χ2n) is 6.50. The highest BCUT2D eigenvalue weighted by Gasteiger charge is 2.26. The first kappa shape index (κ1) is 20.9. The fraction of sp³-hybridized carbons (Fsp3) is 0.316. The maximum absolute atomic E-state index is 12.7. The minimum Gasteiger partial charge on any atom is -0.457 e. The molecule has 0 amide bonds. The van der Waals surface area contributed by atoms with Crippen LogP contribution in [0.1, 0.15) is 21.5 Å². The molecule has 9 nitrogen and oxygen atoms in total. The number of carbonyl (C=O) groups excluding carboxylic acids is 1. The van der Waals surface area contributed by atoms with E-state index in [1.54, 1.807) is 19.1 Å². The first-order valence-corrected chi connectivity index (χ1v) is 10.3. The molecule has 0 spiro atoms. The number of esters is 1. The monoisotopic (exact) mass is 420 g/mol. The minimum absolute atomic E-state index is 0.0550. The van der Waals surface area contributed by atoms with Crippen LogP contribution < -0.4 is 0 Å². The Morgan fingerprint density at radius 1 is 1.21 bits per heavy atom. The fourth-order valence-corrected chi connectivity index (χ4v) is 4.38. The maximum atomic E-state index is 12.7. The van der Waals surface area contributed by atoms with Crippen molar-refractivity contribution in [3.05, 3.63) is 69.3 Å². The lowest BCUT2D eigenvalue weighted by Crippen LogP contribution is -2.40. The van der Waals surface area contributed by atoms with Gasteiger partial charge in [-0.25, -0.2) is 13.2 Å². The number of nitro groups is 1. The predicted molar refractivity (Wildman–Crippen MR) is 103 cm³/mol. The highest BCUT2D eigenvalue weighted by molar-refractivity contribution is 7.89. The van der Waals surface area contributed by atoms with E-state index in [0.717, 1.165) is 6.07 Å². The summed E-state index contributed by atoms with van der Waals surface area (Å²) in [6.45, 7) is 2.68. The largest absolute Gasteiger partial charge is 0.457 e. The van der Waals surface area contributed by atoms with Gasteiger partial charge in [0.15, 0.2) is 0 Å². The summed E-state index contributed by atoms with van der Waals surface area (Å²) in [6, 6.07) is 10.2. The van der Waals surface area contributed by atoms with E-state index in [-0.39, 0.29) is 35.8 Å². The van der Waals surface area contributed by atoms with Crippen LogP contribution in [0.5, 0.6) is 0 Å². The van der Waals surface area contributed by atoms with Gasteiger partial charge in [0.25, 0.3) is 5.69 Å². The van der Waals surface area contributed by atoms with E-state index in [1.165, 1.54) is 28.6 Å². The Morgan fingerprint density at radius 3 is 2.62 bits per heavy atom. The van der Waals surface area contributed by atoms with Crippen molar-refractivity contribution < 1.29 is 27.6 Å². The molecule has 29 heavy (non-hydrogen) atoms. The molecule has 0 radical (unpaired) electrons. The molecule has 1 heterocycles. The Balaban J connectivity index is 1.72. The van der Waals surface area contributed by atoms with Gasteiger partial charge in [-0.3, -0.25) is 10.1 Å². The molecule has 2 aromatic rings. The topological polar surface area (TPSA) is 116 Å². The molecule has 154 valence electrons. The van der Waals surface area contributed by atoms with E-state index >= 15 is 0 Å². The standard InChI is InChI=1S/C19H20N2O7S/c1-14-5-6-16(12-18(14)21(23)24)19(22)28-13-15-3-2-4-17(11-15)29(25,26)20-7-9-27-10-8-20/h2-6,11-12H,7-10,13H2,1H3. The van der Waals surface area contributed by atoms with E-state index in [1.807, 2.05) is 0 Å². The molecule has 0 aromatic heterocycles. The van der Waals surface area contributed by atoms with E-state index in [9.17, 15) is 23.3 Å². The van der Waals surface area contributed by atoms with Crippen LogP contribution in [0.3, 0.4) is 0 Å².